The average Bonchev–Trinajstić information content (AvgIpc) is 2.78. The summed E-state index contributed by atoms with van der Waals surface area (Å²) in [6.07, 6.45) is 2.50. The summed E-state index contributed by atoms with van der Waals surface area (Å²) in [6, 6.07) is 1.73. The summed E-state index contributed by atoms with van der Waals surface area (Å²) in [5, 5.41) is 6.35. The molecule has 2 rings (SSSR count). The molecule has 0 saturated carbocycles. The minimum atomic E-state index is -0.223. The first-order chi connectivity index (χ1) is 9.55. The Morgan fingerprint density at radius 2 is 2.25 bits per heavy atom. The van der Waals surface area contributed by atoms with E-state index in [9.17, 15) is 4.79 Å². The Kier molecular flexibility index (Phi) is 4.72. The number of rotatable bonds is 4. The lowest BCUT2D eigenvalue weighted by atomic mass is 10.2. The quantitative estimate of drug-likeness (QED) is 0.881. The molecule has 2 N–H and O–H groups in total. The molecule has 0 aromatic carbocycles. The molecule has 2 heterocycles. The van der Waals surface area contributed by atoms with Crippen LogP contribution < -0.4 is 10.6 Å². The summed E-state index contributed by atoms with van der Waals surface area (Å²) in [6.45, 7) is 4.05. The Hall–Kier alpha value is -1.47. The summed E-state index contributed by atoms with van der Waals surface area (Å²) >= 11 is 4.81. The first-order valence-corrected chi connectivity index (χ1v) is 7.77. The molecular formula is C13H15BrN4OS. The average molecular weight is 355 g/mol. The molecule has 0 aliphatic rings. The number of thiazole rings is 1. The number of halogens is 1. The van der Waals surface area contributed by atoms with Crippen molar-refractivity contribution in [3.05, 3.63) is 32.9 Å². The summed E-state index contributed by atoms with van der Waals surface area (Å²) in [7, 11) is 1.73. The zero-order chi connectivity index (χ0) is 14.7. The van der Waals surface area contributed by atoms with Crippen LogP contribution >= 0.6 is 27.3 Å². The second-order valence-corrected chi connectivity index (χ2v) is 6.25. The number of carbonyl (C=O) groups excluding carboxylic acids is 1. The van der Waals surface area contributed by atoms with Crippen LogP contribution in [0.1, 0.15) is 27.9 Å². The predicted octanol–water partition coefficient (Wildman–Crippen LogP) is 3.47. The monoisotopic (exact) mass is 354 g/mol. The highest BCUT2D eigenvalue weighted by Crippen LogP contribution is 2.24. The zero-order valence-corrected chi connectivity index (χ0v) is 13.9. The topological polar surface area (TPSA) is 66.9 Å². The number of amides is 1. The molecule has 0 atom stereocenters. The van der Waals surface area contributed by atoms with E-state index in [1.54, 1.807) is 19.3 Å². The summed E-state index contributed by atoms with van der Waals surface area (Å²) < 4.78 is 0.756. The molecule has 1 amide bonds. The van der Waals surface area contributed by atoms with Crippen LogP contribution in [0.2, 0.25) is 0 Å². The summed E-state index contributed by atoms with van der Waals surface area (Å²) in [5.74, 6) is 0.314. The number of aryl methyl sites for hydroxylation is 2. The van der Waals surface area contributed by atoms with Gasteiger partial charge < -0.3 is 5.32 Å². The van der Waals surface area contributed by atoms with Gasteiger partial charge in [0.05, 0.1) is 11.3 Å². The van der Waals surface area contributed by atoms with Crippen molar-refractivity contribution < 1.29 is 4.79 Å². The summed E-state index contributed by atoms with van der Waals surface area (Å²) in [5.41, 5.74) is 1.50. The number of carbonyl (C=O) groups is 1. The number of hydrogen-bond acceptors (Lipinski definition) is 5. The molecule has 7 heteroatoms. The second-order valence-electron chi connectivity index (χ2n) is 4.13. The third kappa shape index (κ3) is 3.16. The van der Waals surface area contributed by atoms with Gasteiger partial charge >= 0.3 is 0 Å². The van der Waals surface area contributed by atoms with Gasteiger partial charge in [-0.25, -0.2) is 9.97 Å². The van der Waals surface area contributed by atoms with E-state index in [0.717, 1.165) is 21.5 Å². The van der Waals surface area contributed by atoms with Crippen LogP contribution in [-0.2, 0) is 6.42 Å². The number of hydrogen-bond donors (Lipinski definition) is 2. The third-order valence-corrected chi connectivity index (χ3v) is 4.15. The fraction of sp³-hybridized carbons (Fsp3) is 0.308. The molecular weight excluding hydrogens is 340 g/mol. The lowest BCUT2D eigenvalue weighted by Gasteiger charge is -2.07. The van der Waals surface area contributed by atoms with E-state index in [4.69, 9.17) is 0 Å². The molecule has 106 valence electrons. The number of nitrogens with zero attached hydrogens (tertiary/aromatic N) is 2. The molecule has 2 aromatic rings. The highest BCUT2D eigenvalue weighted by atomic mass is 79.9. The molecule has 5 nitrogen and oxygen atoms in total. The minimum Gasteiger partial charge on any atom is -0.372 e. The van der Waals surface area contributed by atoms with Gasteiger partial charge in [-0.2, -0.15) is 0 Å². The van der Waals surface area contributed by atoms with Gasteiger partial charge in [-0.3, -0.25) is 10.1 Å². The number of pyridine rings is 1. The van der Waals surface area contributed by atoms with Crippen LogP contribution in [0, 0.1) is 6.92 Å². The molecule has 0 saturated heterocycles. The maximum Gasteiger partial charge on any atom is 0.261 e. The molecule has 0 fully saturated rings. The van der Waals surface area contributed by atoms with Gasteiger partial charge in [-0.05, 0) is 35.3 Å². The third-order valence-electron chi connectivity index (χ3n) is 2.78. The van der Waals surface area contributed by atoms with Crippen LogP contribution in [0.4, 0.5) is 10.9 Å². The standard InChI is InChI=1S/C13H15BrN4OS/c1-4-10-7(2)20-13(17-10)18-12(19)9-5-8(14)6-16-11(9)15-3/h5-6H,4H2,1-3H3,(H,15,16)(H,17,18,19). The van der Waals surface area contributed by atoms with Crippen LogP contribution in [0.3, 0.4) is 0 Å². The molecule has 0 radical (unpaired) electrons. The van der Waals surface area contributed by atoms with Crippen molar-refractivity contribution in [2.75, 3.05) is 17.7 Å². The zero-order valence-electron chi connectivity index (χ0n) is 11.5. The number of anilines is 2. The van der Waals surface area contributed by atoms with Gasteiger partial charge in [0.1, 0.15) is 5.82 Å². The maximum absolute atomic E-state index is 12.3. The van der Waals surface area contributed by atoms with Crippen LogP contribution in [0.25, 0.3) is 0 Å². The van der Waals surface area contributed by atoms with Gasteiger partial charge in [0.25, 0.3) is 5.91 Å². The van der Waals surface area contributed by atoms with E-state index < -0.39 is 0 Å². The number of aromatic nitrogens is 2. The lowest BCUT2D eigenvalue weighted by Crippen LogP contribution is -2.14. The largest absolute Gasteiger partial charge is 0.372 e. The van der Waals surface area contributed by atoms with Gasteiger partial charge in [-0.1, -0.05) is 6.92 Å². The van der Waals surface area contributed by atoms with Crippen molar-refractivity contribution >= 4 is 44.1 Å². The lowest BCUT2D eigenvalue weighted by molar-refractivity contribution is 0.102. The molecule has 0 unspecified atom stereocenters. The SMILES string of the molecule is CCc1nc(NC(=O)c2cc(Br)cnc2NC)sc1C. The van der Waals surface area contributed by atoms with E-state index in [-0.39, 0.29) is 5.91 Å². The van der Waals surface area contributed by atoms with Crippen molar-refractivity contribution in [2.24, 2.45) is 0 Å². The van der Waals surface area contributed by atoms with E-state index in [1.165, 1.54) is 11.3 Å². The van der Waals surface area contributed by atoms with E-state index >= 15 is 0 Å². The highest BCUT2D eigenvalue weighted by molar-refractivity contribution is 9.10. The Bertz CT molecular complexity index is 641. The van der Waals surface area contributed by atoms with Gasteiger partial charge in [0, 0.05) is 22.6 Å². The summed E-state index contributed by atoms with van der Waals surface area (Å²) in [4.78, 5) is 22.0. The van der Waals surface area contributed by atoms with Crippen molar-refractivity contribution in [3.63, 3.8) is 0 Å². The van der Waals surface area contributed by atoms with Crippen LogP contribution in [0.15, 0.2) is 16.7 Å². The molecule has 0 aliphatic heterocycles. The van der Waals surface area contributed by atoms with E-state index in [2.05, 4.69) is 36.5 Å². The first-order valence-electron chi connectivity index (χ1n) is 6.16. The van der Waals surface area contributed by atoms with E-state index in [1.807, 2.05) is 13.8 Å². The molecule has 0 aliphatic carbocycles. The number of nitrogens with one attached hydrogen (secondary N) is 2. The predicted molar refractivity (Wildman–Crippen MR) is 85.7 cm³/mol. The minimum absolute atomic E-state index is 0.223. The van der Waals surface area contributed by atoms with Gasteiger partial charge in [-0.15, -0.1) is 11.3 Å². The fourth-order valence-electron chi connectivity index (χ4n) is 1.79. The molecule has 2 aromatic heterocycles. The van der Waals surface area contributed by atoms with Crippen molar-refractivity contribution in [3.8, 4) is 0 Å². The Morgan fingerprint density at radius 3 is 2.85 bits per heavy atom. The van der Waals surface area contributed by atoms with Crippen molar-refractivity contribution in [2.45, 2.75) is 20.3 Å². The maximum atomic E-state index is 12.3. The first kappa shape index (κ1) is 14.9. The van der Waals surface area contributed by atoms with Crippen LogP contribution in [0.5, 0.6) is 0 Å². The molecule has 0 spiro atoms. The second kappa shape index (κ2) is 6.32. The Labute approximate surface area is 130 Å². The van der Waals surface area contributed by atoms with Crippen molar-refractivity contribution in [1.29, 1.82) is 0 Å². The van der Waals surface area contributed by atoms with E-state index in [0.29, 0.717) is 16.5 Å². The van der Waals surface area contributed by atoms with Gasteiger partial charge in [0.2, 0.25) is 0 Å². The smallest absolute Gasteiger partial charge is 0.261 e. The molecule has 20 heavy (non-hydrogen) atoms. The normalized spacial score (nSPS) is 10.4. The van der Waals surface area contributed by atoms with Gasteiger partial charge in [0.15, 0.2) is 5.13 Å². The molecule has 0 bridgehead atoms. The van der Waals surface area contributed by atoms with Crippen LogP contribution in [-0.4, -0.2) is 22.9 Å². The van der Waals surface area contributed by atoms with Crippen molar-refractivity contribution in [1.82, 2.24) is 9.97 Å². The Morgan fingerprint density at radius 1 is 1.50 bits per heavy atom. The Balaban J connectivity index is 2.25. The fourth-order valence-corrected chi connectivity index (χ4v) is 3.01. The highest BCUT2D eigenvalue weighted by Gasteiger charge is 2.15.